The van der Waals surface area contributed by atoms with Crippen LogP contribution in [-0.2, 0) is 11.8 Å². The van der Waals surface area contributed by atoms with E-state index >= 15 is 0 Å². The fourth-order valence-electron chi connectivity index (χ4n) is 0. The molecule has 0 atom stereocenters. The zero-order chi connectivity index (χ0) is 2.71. The van der Waals surface area contributed by atoms with Gasteiger partial charge in [0.15, 0.2) is 0 Å². The molecule has 0 unspecified atom stereocenters. The summed E-state index contributed by atoms with van der Waals surface area (Å²) in [5, 5.41) is 7.36. The van der Waals surface area contributed by atoms with Crippen LogP contribution in [0.2, 0.25) is 0 Å². The summed E-state index contributed by atoms with van der Waals surface area (Å²) in [5.74, 6) is 0. The van der Waals surface area contributed by atoms with Crippen LogP contribution in [0.3, 0.4) is 0 Å². The van der Waals surface area contributed by atoms with E-state index in [0.29, 0.717) is 0 Å². The SMILES string of the molecule is N#P=S.[B]. The van der Waals surface area contributed by atoms with E-state index in [2.05, 4.69) is 11.8 Å². The van der Waals surface area contributed by atoms with Gasteiger partial charge in [0.2, 0.25) is 0 Å². The van der Waals surface area contributed by atoms with E-state index in [9.17, 15) is 0 Å². The van der Waals surface area contributed by atoms with Crippen LogP contribution in [0, 0.1) is 5.00 Å². The van der Waals surface area contributed by atoms with Gasteiger partial charge < -0.3 is 0 Å². The molecule has 19 valence electrons. The second kappa shape index (κ2) is 9.92. The molecule has 0 N–H and O–H groups in total. The average molecular weight is 87.9 g/mol. The standard InChI is InChI=1S/B.NPS/c;1-2-3. The summed E-state index contributed by atoms with van der Waals surface area (Å²) in [7, 11) is 0. The third-order valence-corrected chi connectivity index (χ3v) is 0. The van der Waals surface area contributed by atoms with Gasteiger partial charge in [0, 0.05) is 8.41 Å². The van der Waals surface area contributed by atoms with Crippen molar-refractivity contribution in [3.8, 4) is 0 Å². The predicted octanol–water partition coefficient (Wildman–Crippen LogP) is 0.493. The van der Waals surface area contributed by atoms with E-state index in [4.69, 9.17) is 5.00 Å². The molecule has 0 spiro atoms. The molecule has 0 heterocycles. The summed E-state index contributed by atoms with van der Waals surface area (Å²) in [6.07, 6.45) is 0. The summed E-state index contributed by atoms with van der Waals surface area (Å²) in [6.45, 7) is 0. The van der Waals surface area contributed by atoms with E-state index in [1.165, 1.54) is 0 Å². The van der Waals surface area contributed by atoms with E-state index in [1.54, 1.807) is 0 Å². The molecule has 0 saturated carbocycles. The Kier molecular flexibility index (Phi) is 21.9. The summed E-state index contributed by atoms with van der Waals surface area (Å²) in [4.78, 5) is 0. The minimum absolute atomic E-state index is 0. The summed E-state index contributed by atoms with van der Waals surface area (Å²) >= 11 is 3.92. The molecule has 0 amide bonds. The van der Waals surface area contributed by atoms with Crippen LogP contribution in [-0.4, -0.2) is 8.41 Å². The van der Waals surface area contributed by atoms with Gasteiger partial charge in [-0.15, -0.1) is 0 Å². The van der Waals surface area contributed by atoms with Gasteiger partial charge in [-0.3, -0.25) is 0 Å². The molecule has 4 heteroatoms. The second-order valence-electron chi connectivity index (χ2n) is 0.0816. The van der Waals surface area contributed by atoms with Crippen molar-refractivity contribution in [2.75, 3.05) is 0 Å². The molecule has 0 aliphatic carbocycles. The van der Waals surface area contributed by atoms with Crippen LogP contribution in [0.1, 0.15) is 0 Å². The predicted molar refractivity (Wildman–Crippen MR) is 21.8 cm³/mol. The number of nitrogens with zero attached hydrogens (tertiary/aromatic N) is 1. The van der Waals surface area contributed by atoms with Crippen LogP contribution < -0.4 is 0 Å². The molecule has 0 aromatic heterocycles. The zero-order valence-corrected chi connectivity index (χ0v) is 3.59. The fraction of sp³-hybridized carbons (Fsp3) is 0. The van der Waals surface area contributed by atoms with Crippen molar-refractivity contribution in [1.82, 2.24) is 0 Å². The molecule has 0 aromatic rings. The van der Waals surface area contributed by atoms with Gasteiger partial charge in [-0.2, -0.15) is 0 Å². The Morgan fingerprint density at radius 2 is 1.75 bits per heavy atom. The first-order valence-corrected chi connectivity index (χ1v) is 2.24. The van der Waals surface area contributed by atoms with Gasteiger partial charge >= 0.3 is 23.8 Å². The average Bonchev–Trinajstić information content (AvgIpc) is 0.918. The van der Waals surface area contributed by atoms with Crippen molar-refractivity contribution in [3.05, 3.63) is 0 Å². The molecule has 0 aromatic carbocycles. The van der Waals surface area contributed by atoms with Crippen LogP contribution in [0.5, 0.6) is 0 Å². The van der Waals surface area contributed by atoms with Crippen LogP contribution in [0.25, 0.3) is 0 Å². The summed E-state index contributed by atoms with van der Waals surface area (Å²) in [6, 6.07) is 0. The summed E-state index contributed by atoms with van der Waals surface area (Å²) in [5.41, 5.74) is 0. The molecule has 0 aliphatic heterocycles. The Bertz CT molecular complexity index is 54.2. The van der Waals surface area contributed by atoms with Gasteiger partial charge in [0.25, 0.3) is 0 Å². The number of rotatable bonds is 0. The Morgan fingerprint density at radius 1 is 1.75 bits per heavy atom. The maximum atomic E-state index is 7.36. The first kappa shape index (κ1) is 8.83. The van der Waals surface area contributed by atoms with Gasteiger partial charge in [0.05, 0.1) is 0 Å². The van der Waals surface area contributed by atoms with E-state index in [-0.39, 0.29) is 15.4 Å². The third-order valence-electron chi connectivity index (χ3n) is 0. The van der Waals surface area contributed by atoms with Crippen LogP contribution in [0.15, 0.2) is 0 Å². The van der Waals surface area contributed by atoms with Gasteiger partial charge in [-0.1, -0.05) is 0 Å². The van der Waals surface area contributed by atoms with E-state index in [1.807, 2.05) is 0 Å². The Balaban J connectivity index is 0. The normalized spacial score (nSPS) is 2.75. The van der Waals surface area contributed by atoms with Crippen molar-refractivity contribution in [3.63, 3.8) is 0 Å². The van der Waals surface area contributed by atoms with E-state index < -0.39 is 0 Å². The Hall–Kier alpha value is 0.425. The summed E-state index contributed by atoms with van der Waals surface area (Å²) < 4.78 is 0. The quantitative estimate of drug-likeness (QED) is 0.317. The minimum Gasteiger partial charge on any atom is 0 e. The molecule has 0 fully saturated rings. The maximum absolute atomic E-state index is 7.36. The monoisotopic (exact) mass is 88.0 g/mol. The van der Waals surface area contributed by atoms with Crippen LogP contribution in [0.4, 0.5) is 0 Å². The molecule has 4 heavy (non-hydrogen) atoms. The van der Waals surface area contributed by atoms with Crippen molar-refractivity contribution in [1.29, 1.82) is 5.00 Å². The van der Waals surface area contributed by atoms with Gasteiger partial charge in [-0.05, 0) is 0 Å². The molecule has 0 bridgehead atoms. The molecular weight excluding hydrogens is 87.9 g/mol. The first-order chi connectivity index (χ1) is 1.41. The third kappa shape index (κ3) is 27.3. The van der Waals surface area contributed by atoms with Gasteiger partial charge in [0.1, 0.15) is 0 Å². The Labute approximate surface area is 33.0 Å². The largest absolute Gasteiger partial charge is 0 e. The van der Waals surface area contributed by atoms with Crippen LogP contribution >= 0.6 is 6.99 Å². The molecular formula is BNPS. The molecule has 0 saturated heterocycles. The van der Waals surface area contributed by atoms with Gasteiger partial charge in [-0.25, -0.2) is 0 Å². The molecule has 3 radical (unpaired) electrons. The van der Waals surface area contributed by atoms with Crippen molar-refractivity contribution in [2.24, 2.45) is 0 Å². The Morgan fingerprint density at radius 3 is 1.75 bits per heavy atom. The van der Waals surface area contributed by atoms with E-state index in [0.717, 1.165) is 0 Å². The fourth-order valence-corrected chi connectivity index (χ4v) is 0. The first-order valence-electron chi connectivity index (χ1n) is 0.383. The molecule has 0 rings (SSSR count). The number of hydrogen-bond acceptors (Lipinski definition) is 2. The number of hydrogen-bond donors (Lipinski definition) is 0. The molecule has 0 aliphatic rings. The topological polar surface area (TPSA) is 23.8 Å². The maximum Gasteiger partial charge on any atom is 0 e. The van der Waals surface area contributed by atoms with Crippen molar-refractivity contribution in [2.45, 2.75) is 0 Å². The molecule has 1 nitrogen and oxygen atoms in total. The van der Waals surface area contributed by atoms with Crippen molar-refractivity contribution < 1.29 is 0 Å². The second-order valence-corrected chi connectivity index (χ2v) is 0.735. The minimum atomic E-state index is 0. The zero-order valence-electron chi connectivity index (χ0n) is 1.88. The van der Waals surface area contributed by atoms with Crippen molar-refractivity contribution >= 4 is 27.2 Å². The smallest absolute Gasteiger partial charge is 0 e.